The van der Waals surface area contributed by atoms with E-state index in [1.807, 2.05) is 18.2 Å². The van der Waals surface area contributed by atoms with E-state index in [-0.39, 0.29) is 0 Å². The number of benzene rings is 7. The van der Waals surface area contributed by atoms with Gasteiger partial charge >= 0.3 is 0 Å². The Labute approximate surface area is 242 Å². The van der Waals surface area contributed by atoms with E-state index in [9.17, 15) is 0 Å². The van der Waals surface area contributed by atoms with Crippen LogP contribution >= 0.6 is 0 Å². The predicted octanol–water partition coefficient (Wildman–Crippen LogP) is 11.6. The second-order valence-corrected chi connectivity index (χ2v) is 10.8. The second kappa shape index (κ2) is 8.95. The summed E-state index contributed by atoms with van der Waals surface area (Å²) >= 11 is 0. The fourth-order valence-corrected chi connectivity index (χ4v) is 6.68. The SMILES string of the molecule is c1ccc(-c2c(-c3c4ccccc4c(-c4ccc5c(c4)oc4ccccc45)c4ccccc34)oc3ccccc23)cc1. The largest absolute Gasteiger partial charge is 0.456 e. The number of furan rings is 2. The van der Waals surface area contributed by atoms with Gasteiger partial charge in [0, 0.05) is 27.3 Å². The third-order valence-corrected chi connectivity index (χ3v) is 8.48. The summed E-state index contributed by atoms with van der Waals surface area (Å²) in [5, 5.41) is 8.07. The number of hydrogen-bond donors (Lipinski definition) is 0. The molecule has 0 spiro atoms. The van der Waals surface area contributed by atoms with Gasteiger partial charge < -0.3 is 8.83 Å². The van der Waals surface area contributed by atoms with Crippen LogP contribution in [-0.2, 0) is 0 Å². The fourth-order valence-electron chi connectivity index (χ4n) is 6.68. The monoisotopic (exact) mass is 536 g/mol. The van der Waals surface area contributed by atoms with Crippen LogP contribution in [0, 0.1) is 0 Å². The highest BCUT2D eigenvalue weighted by atomic mass is 16.3. The lowest BCUT2D eigenvalue weighted by molar-refractivity contribution is 0.634. The van der Waals surface area contributed by atoms with Gasteiger partial charge in [0.15, 0.2) is 0 Å². The Hall–Kier alpha value is -5.60. The molecule has 196 valence electrons. The van der Waals surface area contributed by atoms with Crippen LogP contribution in [0.5, 0.6) is 0 Å². The first-order valence-electron chi connectivity index (χ1n) is 14.3. The average molecular weight is 537 g/mol. The van der Waals surface area contributed by atoms with Gasteiger partial charge in [-0.1, -0.05) is 121 Å². The first-order valence-corrected chi connectivity index (χ1v) is 14.3. The van der Waals surface area contributed by atoms with E-state index in [2.05, 4.69) is 127 Å². The quantitative estimate of drug-likeness (QED) is 0.210. The molecule has 0 fully saturated rings. The molecule has 0 saturated heterocycles. The molecule has 2 nitrogen and oxygen atoms in total. The Morgan fingerprint density at radius 2 is 0.786 bits per heavy atom. The van der Waals surface area contributed by atoms with Crippen LogP contribution in [-0.4, -0.2) is 0 Å². The van der Waals surface area contributed by atoms with E-state index >= 15 is 0 Å². The molecule has 0 aliphatic carbocycles. The average Bonchev–Trinajstić information content (AvgIpc) is 3.62. The lowest BCUT2D eigenvalue weighted by Gasteiger charge is -2.17. The first-order chi connectivity index (χ1) is 20.8. The van der Waals surface area contributed by atoms with E-state index in [1.54, 1.807) is 0 Å². The highest BCUT2D eigenvalue weighted by Crippen LogP contribution is 2.49. The molecule has 0 amide bonds. The minimum absolute atomic E-state index is 0.888. The third-order valence-electron chi connectivity index (χ3n) is 8.48. The standard InChI is InChI=1S/C40H24O2/c1-2-12-25(13-3-1)38-33-19-9-11-21-35(33)42-40(38)39-31-17-6-4-15-29(31)37(30-16-5-7-18-32(30)39)26-22-23-28-27-14-8-10-20-34(27)41-36(28)24-26/h1-24H. The molecule has 9 rings (SSSR count). The summed E-state index contributed by atoms with van der Waals surface area (Å²) in [5.74, 6) is 0.897. The van der Waals surface area contributed by atoms with Gasteiger partial charge in [0.05, 0.1) is 0 Å². The van der Waals surface area contributed by atoms with Crippen LogP contribution in [0.25, 0.3) is 88.0 Å². The molecule has 0 N–H and O–H groups in total. The topological polar surface area (TPSA) is 26.3 Å². The molecule has 2 heteroatoms. The molecule has 9 aromatic rings. The molecule has 0 unspecified atom stereocenters. The molecule has 0 radical (unpaired) electrons. The van der Waals surface area contributed by atoms with Crippen molar-refractivity contribution >= 4 is 54.5 Å². The van der Waals surface area contributed by atoms with Crippen LogP contribution in [0.4, 0.5) is 0 Å². The van der Waals surface area contributed by atoms with Gasteiger partial charge in [-0.05, 0) is 62.5 Å². The molecule has 0 atom stereocenters. The van der Waals surface area contributed by atoms with E-state index in [4.69, 9.17) is 8.83 Å². The highest BCUT2D eigenvalue weighted by Gasteiger charge is 2.24. The normalized spacial score (nSPS) is 11.8. The Morgan fingerprint density at radius 3 is 1.45 bits per heavy atom. The van der Waals surface area contributed by atoms with Crippen molar-refractivity contribution in [2.45, 2.75) is 0 Å². The smallest absolute Gasteiger partial charge is 0.144 e. The number of hydrogen-bond acceptors (Lipinski definition) is 2. The summed E-state index contributed by atoms with van der Waals surface area (Å²) < 4.78 is 13.1. The maximum Gasteiger partial charge on any atom is 0.144 e. The van der Waals surface area contributed by atoms with Gasteiger partial charge in [0.1, 0.15) is 22.5 Å². The zero-order chi connectivity index (χ0) is 27.6. The number of fused-ring (bicyclic) bond motifs is 6. The maximum absolute atomic E-state index is 6.78. The van der Waals surface area contributed by atoms with Gasteiger partial charge in [-0.25, -0.2) is 0 Å². The summed E-state index contributed by atoms with van der Waals surface area (Å²) in [6.45, 7) is 0. The molecular weight excluding hydrogens is 512 g/mol. The third kappa shape index (κ3) is 3.33. The zero-order valence-corrected chi connectivity index (χ0v) is 22.7. The molecule has 2 aromatic heterocycles. The lowest BCUT2D eigenvalue weighted by Crippen LogP contribution is -1.91. The summed E-state index contributed by atoms with van der Waals surface area (Å²) in [7, 11) is 0. The fraction of sp³-hybridized carbons (Fsp3) is 0. The van der Waals surface area contributed by atoms with Crippen molar-refractivity contribution in [3.63, 3.8) is 0 Å². The molecule has 7 aromatic carbocycles. The zero-order valence-electron chi connectivity index (χ0n) is 22.7. The Morgan fingerprint density at radius 1 is 0.286 bits per heavy atom. The second-order valence-electron chi connectivity index (χ2n) is 10.8. The van der Waals surface area contributed by atoms with Crippen molar-refractivity contribution in [3.8, 4) is 33.6 Å². The first kappa shape index (κ1) is 23.1. The summed E-state index contributed by atoms with van der Waals surface area (Å²) in [6, 6.07) is 51.2. The van der Waals surface area contributed by atoms with Crippen LogP contribution in [0.2, 0.25) is 0 Å². The van der Waals surface area contributed by atoms with Gasteiger partial charge in [-0.2, -0.15) is 0 Å². The van der Waals surface area contributed by atoms with Crippen molar-refractivity contribution in [2.24, 2.45) is 0 Å². The van der Waals surface area contributed by atoms with Crippen molar-refractivity contribution in [1.29, 1.82) is 0 Å². The van der Waals surface area contributed by atoms with E-state index in [0.717, 1.165) is 71.7 Å². The van der Waals surface area contributed by atoms with Crippen LogP contribution < -0.4 is 0 Å². The van der Waals surface area contributed by atoms with Crippen LogP contribution in [0.1, 0.15) is 0 Å². The Balaban J connectivity index is 1.40. The Bertz CT molecular complexity index is 2400. The summed E-state index contributed by atoms with van der Waals surface area (Å²) in [4.78, 5) is 0. The molecule has 0 aliphatic heterocycles. The van der Waals surface area contributed by atoms with Crippen molar-refractivity contribution in [1.82, 2.24) is 0 Å². The van der Waals surface area contributed by atoms with Gasteiger partial charge in [-0.3, -0.25) is 0 Å². The predicted molar refractivity (Wildman–Crippen MR) is 175 cm³/mol. The molecule has 2 heterocycles. The van der Waals surface area contributed by atoms with Crippen LogP contribution in [0.15, 0.2) is 154 Å². The molecule has 0 bridgehead atoms. The molecular formula is C40H24O2. The van der Waals surface area contributed by atoms with Gasteiger partial charge in [0.25, 0.3) is 0 Å². The van der Waals surface area contributed by atoms with E-state index in [0.29, 0.717) is 0 Å². The molecule has 0 aliphatic rings. The summed E-state index contributed by atoms with van der Waals surface area (Å²) in [6.07, 6.45) is 0. The number of para-hydroxylation sites is 2. The number of rotatable bonds is 3. The van der Waals surface area contributed by atoms with Crippen molar-refractivity contribution in [3.05, 3.63) is 146 Å². The minimum Gasteiger partial charge on any atom is -0.456 e. The lowest BCUT2D eigenvalue weighted by atomic mass is 9.86. The molecule has 42 heavy (non-hydrogen) atoms. The minimum atomic E-state index is 0.888. The molecule has 0 saturated carbocycles. The van der Waals surface area contributed by atoms with Crippen molar-refractivity contribution < 1.29 is 8.83 Å². The van der Waals surface area contributed by atoms with Crippen molar-refractivity contribution in [2.75, 3.05) is 0 Å². The van der Waals surface area contributed by atoms with E-state index in [1.165, 1.54) is 16.3 Å². The van der Waals surface area contributed by atoms with Gasteiger partial charge in [0.2, 0.25) is 0 Å². The highest BCUT2D eigenvalue weighted by molar-refractivity contribution is 6.23. The van der Waals surface area contributed by atoms with Gasteiger partial charge in [-0.15, -0.1) is 0 Å². The van der Waals surface area contributed by atoms with Crippen LogP contribution in [0.3, 0.4) is 0 Å². The Kier molecular flexibility index (Phi) is 4.93. The van der Waals surface area contributed by atoms with E-state index < -0.39 is 0 Å². The summed E-state index contributed by atoms with van der Waals surface area (Å²) in [5.41, 5.74) is 8.41. The maximum atomic E-state index is 6.78.